The topological polar surface area (TPSA) is 0 Å². The van der Waals surface area contributed by atoms with E-state index in [9.17, 15) is 0 Å². The van der Waals surface area contributed by atoms with Gasteiger partial charge in [0.15, 0.2) is 0 Å². The third kappa shape index (κ3) is 4.61. The molecule has 2 heteroatoms. The van der Waals surface area contributed by atoms with Crippen LogP contribution in [0.5, 0.6) is 0 Å². The minimum absolute atomic E-state index is 0.689. The van der Waals surface area contributed by atoms with Gasteiger partial charge in [0.05, 0.1) is 0 Å². The molecule has 0 aliphatic heterocycles. The van der Waals surface area contributed by atoms with Crippen LogP contribution in [-0.4, -0.2) is 4.83 Å². The zero-order valence-electron chi connectivity index (χ0n) is 8.47. The lowest BCUT2D eigenvalue weighted by Gasteiger charge is -2.06. The number of halogens is 2. The van der Waals surface area contributed by atoms with E-state index in [0.717, 1.165) is 0 Å². The van der Waals surface area contributed by atoms with E-state index >= 15 is 0 Å². The van der Waals surface area contributed by atoms with Crippen LogP contribution in [0.2, 0.25) is 0 Å². The van der Waals surface area contributed by atoms with Crippen LogP contribution in [0.1, 0.15) is 31.7 Å². The third-order valence-electron chi connectivity index (χ3n) is 2.31. The van der Waals surface area contributed by atoms with Gasteiger partial charge in [0.1, 0.15) is 0 Å². The smallest absolute Gasteiger partial charge is 0.0177 e. The molecule has 0 aromatic heterocycles. The largest absolute Gasteiger partial charge is 0.0891 e. The maximum absolute atomic E-state index is 3.66. The molecule has 14 heavy (non-hydrogen) atoms. The van der Waals surface area contributed by atoms with Gasteiger partial charge in [-0.1, -0.05) is 50.9 Å². The van der Waals surface area contributed by atoms with Crippen molar-refractivity contribution in [3.63, 3.8) is 0 Å². The van der Waals surface area contributed by atoms with Crippen molar-refractivity contribution in [3.05, 3.63) is 34.3 Å². The highest BCUT2D eigenvalue weighted by molar-refractivity contribution is 9.10. The fraction of sp³-hybridized carbons (Fsp3) is 0.500. The average molecular weight is 320 g/mol. The minimum atomic E-state index is 0.689. The molecule has 0 saturated carbocycles. The zero-order valence-corrected chi connectivity index (χ0v) is 11.6. The molecule has 1 unspecified atom stereocenters. The number of alkyl halides is 1. The number of rotatable bonds is 5. The molecule has 1 rings (SSSR count). The first kappa shape index (κ1) is 12.3. The maximum atomic E-state index is 3.66. The van der Waals surface area contributed by atoms with Gasteiger partial charge in [-0.15, -0.1) is 0 Å². The Morgan fingerprint density at radius 1 is 1.36 bits per heavy atom. The predicted octanol–water partition coefficient (Wildman–Crippen LogP) is 4.95. The summed E-state index contributed by atoms with van der Waals surface area (Å²) in [6.07, 6.45) is 4.93. The monoisotopic (exact) mass is 318 g/mol. The fourth-order valence-corrected chi connectivity index (χ4v) is 2.19. The first-order valence-corrected chi connectivity index (χ1v) is 6.81. The van der Waals surface area contributed by atoms with E-state index in [1.54, 1.807) is 0 Å². The van der Waals surface area contributed by atoms with E-state index in [4.69, 9.17) is 0 Å². The van der Waals surface area contributed by atoms with Gasteiger partial charge in [0.25, 0.3) is 0 Å². The van der Waals surface area contributed by atoms with Crippen molar-refractivity contribution in [2.45, 2.75) is 37.4 Å². The van der Waals surface area contributed by atoms with E-state index in [0.29, 0.717) is 4.83 Å². The molecule has 0 aliphatic carbocycles. The van der Waals surface area contributed by atoms with Gasteiger partial charge in [-0.3, -0.25) is 0 Å². The molecule has 0 radical (unpaired) electrons. The van der Waals surface area contributed by atoms with Crippen molar-refractivity contribution in [2.75, 3.05) is 0 Å². The Morgan fingerprint density at radius 2 is 2.14 bits per heavy atom. The third-order valence-corrected chi connectivity index (χ3v) is 3.91. The molecular formula is C12H16Br2. The van der Waals surface area contributed by atoms with Gasteiger partial charge >= 0.3 is 0 Å². The Balaban J connectivity index is 2.31. The number of hydrogen-bond donors (Lipinski definition) is 0. The van der Waals surface area contributed by atoms with Gasteiger partial charge in [-0.05, 0) is 43.4 Å². The summed E-state index contributed by atoms with van der Waals surface area (Å²) in [4.78, 5) is 0.689. The first-order chi connectivity index (χ1) is 6.72. The van der Waals surface area contributed by atoms with E-state index in [-0.39, 0.29) is 0 Å². The number of benzene rings is 1. The molecule has 0 heterocycles. The SMILES string of the molecule is CCC(Br)CCCc1cccc(Br)c1. The maximum Gasteiger partial charge on any atom is 0.0177 e. The summed E-state index contributed by atoms with van der Waals surface area (Å²) in [5.74, 6) is 0. The molecule has 0 saturated heterocycles. The molecule has 0 fully saturated rings. The normalized spacial score (nSPS) is 12.8. The first-order valence-electron chi connectivity index (χ1n) is 5.11. The van der Waals surface area contributed by atoms with Crippen molar-refractivity contribution in [1.29, 1.82) is 0 Å². The van der Waals surface area contributed by atoms with Crippen LogP contribution in [-0.2, 0) is 6.42 Å². The van der Waals surface area contributed by atoms with E-state index in [1.165, 1.54) is 35.7 Å². The molecule has 0 amide bonds. The van der Waals surface area contributed by atoms with Crippen LogP contribution in [0.3, 0.4) is 0 Å². The van der Waals surface area contributed by atoms with Crippen molar-refractivity contribution >= 4 is 31.9 Å². The Kier molecular flexibility index (Phi) is 5.80. The second kappa shape index (κ2) is 6.62. The molecule has 1 aromatic rings. The van der Waals surface area contributed by atoms with Gasteiger partial charge in [-0.25, -0.2) is 0 Å². The van der Waals surface area contributed by atoms with Crippen molar-refractivity contribution in [1.82, 2.24) is 0 Å². The van der Waals surface area contributed by atoms with E-state index < -0.39 is 0 Å². The fourth-order valence-electron chi connectivity index (χ4n) is 1.42. The molecule has 0 bridgehead atoms. The lowest BCUT2D eigenvalue weighted by molar-refractivity contribution is 0.689. The van der Waals surface area contributed by atoms with Gasteiger partial charge in [0, 0.05) is 9.30 Å². The molecule has 0 spiro atoms. The summed E-state index contributed by atoms with van der Waals surface area (Å²) in [6, 6.07) is 8.57. The quantitative estimate of drug-likeness (QED) is 0.674. The summed E-state index contributed by atoms with van der Waals surface area (Å²) >= 11 is 7.14. The second-order valence-corrected chi connectivity index (χ2v) is 5.74. The Hall–Kier alpha value is 0.180. The highest BCUT2D eigenvalue weighted by Gasteiger charge is 2.00. The van der Waals surface area contributed by atoms with Crippen molar-refractivity contribution < 1.29 is 0 Å². The molecule has 78 valence electrons. The van der Waals surface area contributed by atoms with E-state index in [1.807, 2.05) is 0 Å². The zero-order chi connectivity index (χ0) is 10.4. The lowest BCUT2D eigenvalue weighted by Crippen LogP contribution is -1.96. The Bertz CT molecular complexity index is 271. The van der Waals surface area contributed by atoms with Gasteiger partial charge in [-0.2, -0.15) is 0 Å². The van der Waals surface area contributed by atoms with E-state index in [2.05, 4.69) is 63.0 Å². The highest BCUT2D eigenvalue weighted by Crippen LogP contribution is 2.16. The Labute approximate surface area is 103 Å². The predicted molar refractivity (Wildman–Crippen MR) is 70.1 cm³/mol. The summed E-state index contributed by atoms with van der Waals surface area (Å²) in [6.45, 7) is 2.22. The number of hydrogen-bond acceptors (Lipinski definition) is 0. The molecular weight excluding hydrogens is 304 g/mol. The van der Waals surface area contributed by atoms with Crippen LogP contribution in [0.15, 0.2) is 28.7 Å². The Morgan fingerprint density at radius 3 is 2.79 bits per heavy atom. The standard InChI is InChI=1S/C12H16Br2/c1-2-11(13)7-3-5-10-6-4-8-12(14)9-10/h4,6,8-9,11H,2-3,5,7H2,1H3. The van der Waals surface area contributed by atoms with Crippen LogP contribution in [0, 0.1) is 0 Å². The van der Waals surface area contributed by atoms with Crippen LogP contribution >= 0.6 is 31.9 Å². The second-order valence-electron chi connectivity index (χ2n) is 3.53. The van der Waals surface area contributed by atoms with Gasteiger partial charge in [0.2, 0.25) is 0 Å². The molecule has 0 N–H and O–H groups in total. The van der Waals surface area contributed by atoms with Crippen molar-refractivity contribution in [3.8, 4) is 0 Å². The molecule has 0 nitrogen and oxygen atoms in total. The van der Waals surface area contributed by atoms with Crippen LogP contribution in [0.25, 0.3) is 0 Å². The molecule has 1 atom stereocenters. The molecule has 1 aromatic carbocycles. The average Bonchev–Trinajstić information content (AvgIpc) is 2.17. The lowest BCUT2D eigenvalue weighted by atomic mass is 10.1. The summed E-state index contributed by atoms with van der Waals surface area (Å²) < 4.78 is 1.18. The number of aryl methyl sites for hydroxylation is 1. The molecule has 0 aliphatic rings. The summed E-state index contributed by atoms with van der Waals surface area (Å²) in [7, 11) is 0. The minimum Gasteiger partial charge on any atom is -0.0891 e. The highest BCUT2D eigenvalue weighted by atomic mass is 79.9. The van der Waals surface area contributed by atoms with Crippen LogP contribution < -0.4 is 0 Å². The van der Waals surface area contributed by atoms with Crippen molar-refractivity contribution in [2.24, 2.45) is 0 Å². The summed E-state index contributed by atoms with van der Waals surface area (Å²) in [5.41, 5.74) is 1.43. The van der Waals surface area contributed by atoms with Gasteiger partial charge < -0.3 is 0 Å². The van der Waals surface area contributed by atoms with Crippen LogP contribution in [0.4, 0.5) is 0 Å². The summed E-state index contributed by atoms with van der Waals surface area (Å²) in [5, 5.41) is 0.